The zero-order chi connectivity index (χ0) is 22.6. The number of nitrogens with one attached hydrogen (secondary N) is 3. The average molecular weight is 455 g/mol. The minimum Gasteiger partial charge on any atom is -0.367 e. The van der Waals surface area contributed by atoms with Crippen LogP contribution in [0.3, 0.4) is 0 Å². The number of carbonyl (C=O) groups excluding carboxylic acids is 1. The fourth-order valence-corrected chi connectivity index (χ4v) is 4.03. The molecule has 0 aliphatic heterocycles. The smallest absolute Gasteiger partial charge is 0.327 e. The van der Waals surface area contributed by atoms with Gasteiger partial charge in [0.05, 0.1) is 11.4 Å². The van der Waals surface area contributed by atoms with Gasteiger partial charge >= 0.3 is 6.03 Å². The van der Waals surface area contributed by atoms with E-state index in [2.05, 4.69) is 25.3 Å². The highest BCUT2D eigenvalue weighted by molar-refractivity contribution is 7.92. The Bertz CT molecular complexity index is 1060. The van der Waals surface area contributed by atoms with Crippen molar-refractivity contribution in [3.8, 4) is 0 Å². The van der Waals surface area contributed by atoms with E-state index in [0.717, 1.165) is 36.3 Å². The quantitative estimate of drug-likeness (QED) is 0.562. The van der Waals surface area contributed by atoms with Crippen LogP contribution in [0.25, 0.3) is 0 Å². The molecule has 1 heterocycles. The molecule has 31 heavy (non-hydrogen) atoms. The molecule has 168 valence electrons. The minimum atomic E-state index is -3.80. The predicted molar refractivity (Wildman–Crippen MR) is 115 cm³/mol. The van der Waals surface area contributed by atoms with Crippen molar-refractivity contribution in [2.24, 2.45) is 0 Å². The fraction of sp³-hybridized carbons (Fsp3) is 0.421. The van der Waals surface area contributed by atoms with Gasteiger partial charge in [0.1, 0.15) is 29.5 Å². The third-order valence-electron chi connectivity index (χ3n) is 4.82. The Kier molecular flexibility index (Phi) is 6.88. The largest absolute Gasteiger partial charge is 0.367 e. The highest BCUT2D eigenvalue weighted by Gasteiger charge is 2.22. The van der Waals surface area contributed by atoms with Gasteiger partial charge in [-0.2, -0.15) is 0 Å². The Morgan fingerprint density at radius 3 is 2.65 bits per heavy atom. The third kappa shape index (κ3) is 5.57. The van der Waals surface area contributed by atoms with Crippen LogP contribution in [0.5, 0.6) is 0 Å². The van der Waals surface area contributed by atoms with E-state index >= 15 is 0 Å². The standard InChI is InChI=1S/C19H24F2N6O3S/c1-3-9-31(29,30)26-14-8-7-13(20)18(17(14)21)25-19(28)27(2)16-10-15(22-11-23-16)24-12-5-4-6-12/h7-8,10-12,26H,3-6,9H2,1-2H3,(H,25,28)(H,22,23,24). The Hall–Kier alpha value is -3.02. The van der Waals surface area contributed by atoms with E-state index in [1.165, 1.54) is 13.4 Å². The molecule has 0 spiro atoms. The number of sulfonamides is 1. The van der Waals surface area contributed by atoms with Crippen molar-refractivity contribution in [2.75, 3.05) is 33.1 Å². The molecular formula is C19H24F2N6O3S. The van der Waals surface area contributed by atoms with Crippen molar-refractivity contribution in [1.29, 1.82) is 0 Å². The van der Waals surface area contributed by atoms with Gasteiger partial charge in [-0.1, -0.05) is 6.92 Å². The fourth-order valence-electron chi connectivity index (χ4n) is 2.90. The maximum Gasteiger partial charge on any atom is 0.327 e. The van der Waals surface area contributed by atoms with Crippen LogP contribution in [0, 0.1) is 11.6 Å². The Morgan fingerprint density at radius 2 is 2.00 bits per heavy atom. The molecule has 1 aliphatic rings. The number of nitrogens with zero attached hydrogens (tertiary/aromatic N) is 3. The Balaban J connectivity index is 1.76. The second kappa shape index (κ2) is 9.41. The predicted octanol–water partition coefficient (Wildman–Crippen LogP) is 3.54. The number of benzene rings is 1. The SMILES string of the molecule is CCCS(=O)(=O)Nc1ccc(F)c(NC(=O)N(C)c2cc(NC3CCC3)ncn2)c1F. The molecule has 1 aromatic heterocycles. The van der Waals surface area contributed by atoms with Crippen LogP contribution < -0.4 is 20.3 Å². The van der Waals surface area contributed by atoms with Gasteiger partial charge in [-0.15, -0.1) is 0 Å². The number of rotatable bonds is 8. The molecule has 1 aromatic carbocycles. The molecule has 3 N–H and O–H groups in total. The molecule has 9 nitrogen and oxygen atoms in total. The number of halogens is 2. The second-order valence-electron chi connectivity index (χ2n) is 7.23. The van der Waals surface area contributed by atoms with E-state index in [-0.39, 0.29) is 11.6 Å². The lowest BCUT2D eigenvalue weighted by Gasteiger charge is -2.27. The normalized spacial score (nSPS) is 13.9. The number of amides is 2. The number of aromatic nitrogens is 2. The highest BCUT2D eigenvalue weighted by atomic mass is 32.2. The first-order chi connectivity index (χ1) is 14.7. The molecule has 0 unspecified atom stereocenters. The molecule has 1 fully saturated rings. The van der Waals surface area contributed by atoms with E-state index in [9.17, 15) is 22.0 Å². The first-order valence-electron chi connectivity index (χ1n) is 9.82. The monoisotopic (exact) mass is 454 g/mol. The maximum atomic E-state index is 14.7. The summed E-state index contributed by atoms with van der Waals surface area (Å²) in [6.07, 6.45) is 4.81. The van der Waals surface area contributed by atoms with Crippen molar-refractivity contribution >= 4 is 39.1 Å². The molecule has 1 aliphatic carbocycles. The number of hydrogen-bond acceptors (Lipinski definition) is 6. The molecule has 0 radical (unpaired) electrons. The minimum absolute atomic E-state index is 0.218. The molecule has 1 saturated carbocycles. The van der Waals surface area contributed by atoms with Crippen molar-refractivity contribution in [1.82, 2.24) is 9.97 Å². The lowest BCUT2D eigenvalue weighted by atomic mass is 9.93. The van der Waals surface area contributed by atoms with Crippen LogP contribution >= 0.6 is 0 Å². The summed E-state index contributed by atoms with van der Waals surface area (Å²) in [4.78, 5) is 21.8. The van der Waals surface area contributed by atoms with Crippen molar-refractivity contribution in [3.05, 3.63) is 36.2 Å². The van der Waals surface area contributed by atoms with E-state index in [1.54, 1.807) is 13.0 Å². The molecule has 0 atom stereocenters. The average Bonchev–Trinajstić information content (AvgIpc) is 2.69. The zero-order valence-electron chi connectivity index (χ0n) is 17.2. The summed E-state index contributed by atoms with van der Waals surface area (Å²) < 4.78 is 54.8. The van der Waals surface area contributed by atoms with Crippen LogP contribution in [0.1, 0.15) is 32.6 Å². The number of anilines is 4. The summed E-state index contributed by atoms with van der Waals surface area (Å²) in [6, 6.07) is 2.84. The lowest BCUT2D eigenvalue weighted by molar-refractivity contribution is 0.257. The maximum absolute atomic E-state index is 14.7. The molecule has 3 rings (SSSR count). The van der Waals surface area contributed by atoms with Crippen LogP contribution in [-0.2, 0) is 10.0 Å². The van der Waals surface area contributed by atoms with Gasteiger partial charge in [0.25, 0.3) is 0 Å². The van der Waals surface area contributed by atoms with Gasteiger partial charge < -0.3 is 10.6 Å². The second-order valence-corrected chi connectivity index (χ2v) is 9.07. The van der Waals surface area contributed by atoms with Crippen LogP contribution in [0.15, 0.2) is 24.5 Å². The summed E-state index contributed by atoms with van der Waals surface area (Å²) in [7, 11) is -2.41. The van der Waals surface area contributed by atoms with Crippen molar-refractivity contribution in [3.63, 3.8) is 0 Å². The van der Waals surface area contributed by atoms with Crippen LogP contribution in [-0.4, -0.2) is 43.3 Å². The molecule has 2 aromatic rings. The van der Waals surface area contributed by atoms with E-state index in [4.69, 9.17) is 0 Å². The topological polar surface area (TPSA) is 116 Å². The van der Waals surface area contributed by atoms with Crippen molar-refractivity contribution < 1.29 is 22.0 Å². The zero-order valence-corrected chi connectivity index (χ0v) is 18.0. The summed E-state index contributed by atoms with van der Waals surface area (Å²) in [5, 5.41) is 5.36. The van der Waals surface area contributed by atoms with E-state index < -0.39 is 39.1 Å². The van der Waals surface area contributed by atoms with Gasteiger partial charge in [-0.05, 0) is 37.8 Å². The van der Waals surface area contributed by atoms with Crippen LogP contribution in [0.4, 0.5) is 36.6 Å². The summed E-state index contributed by atoms with van der Waals surface area (Å²) in [5.41, 5.74) is -1.22. The van der Waals surface area contributed by atoms with E-state index in [0.29, 0.717) is 18.3 Å². The Morgan fingerprint density at radius 1 is 1.26 bits per heavy atom. The third-order valence-corrected chi connectivity index (χ3v) is 6.30. The Labute approximate surface area is 179 Å². The number of urea groups is 1. The van der Waals surface area contributed by atoms with Gasteiger partial charge in [0.2, 0.25) is 10.0 Å². The highest BCUT2D eigenvalue weighted by Crippen LogP contribution is 2.28. The molecule has 12 heteroatoms. The first kappa shape index (κ1) is 22.7. The van der Waals surface area contributed by atoms with Gasteiger partial charge in [-0.25, -0.2) is 32.0 Å². The van der Waals surface area contributed by atoms with Gasteiger partial charge in [0, 0.05) is 19.2 Å². The summed E-state index contributed by atoms with van der Waals surface area (Å²) in [6.45, 7) is 1.65. The molecule has 0 saturated heterocycles. The van der Waals surface area contributed by atoms with Gasteiger partial charge in [0.15, 0.2) is 5.82 Å². The first-order valence-corrected chi connectivity index (χ1v) is 11.5. The summed E-state index contributed by atoms with van der Waals surface area (Å²) >= 11 is 0. The number of carbonyl (C=O) groups is 1. The summed E-state index contributed by atoms with van der Waals surface area (Å²) in [5.74, 6) is -1.74. The molecular weight excluding hydrogens is 430 g/mol. The molecule has 0 bridgehead atoms. The van der Waals surface area contributed by atoms with Gasteiger partial charge in [-0.3, -0.25) is 9.62 Å². The van der Waals surface area contributed by atoms with E-state index in [1.807, 2.05) is 0 Å². The molecule has 2 amide bonds. The lowest BCUT2D eigenvalue weighted by Crippen LogP contribution is -2.33. The van der Waals surface area contributed by atoms with Crippen molar-refractivity contribution in [2.45, 2.75) is 38.6 Å². The van der Waals surface area contributed by atoms with Crippen LogP contribution in [0.2, 0.25) is 0 Å². The number of hydrogen-bond donors (Lipinski definition) is 3.